The molecule has 0 unspecified atom stereocenters. The fraction of sp³-hybridized carbons (Fsp3) is 0.353. The van der Waals surface area contributed by atoms with Gasteiger partial charge in [0.2, 0.25) is 5.88 Å². The van der Waals surface area contributed by atoms with Crippen molar-refractivity contribution in [3.8, 4) is 5.88 Å². The van der Waals surface area contributed by atoms with E-state index in [-0.39, 0.29) is 17.5 Å². The predicted molar refractivity (Wildman–Crippen MR) is 76.9 cm³/mol. The van der Waals surface area contributed by atoms with Gasteiger partial charge in [-0.3, -0.25) is 0 Å². The van der Waals surface area contributed by atoms with Gasteiger partial charge in [-0.1, -0.05) is 24.3 Å². The molecule has 0 spiro atoms. The summed E-state index contributed by atoms with van der Waals surface area (Å²) in [4.78, 5) is 4.22. The van der Waals surface area contributed by atoms with Crippen LogP contribution in [0.5, 0.6) is 5.88 Å². The lowest BCUT2D eigenvalue weighted by molar-refractivity contribution is 0.135. The van der Waals surface area contributed by atoms with Gasteiger partial charge in [0, 0.05) is 18.5 Å². The second-order valence-corrected chi connectivity index (χ2v) is 5.50. The van der Waals surface area contributed by atoms with Gasteiger partial charge in [-0.05, 0) is 36.6 Å². The first kappa shape index (κ1) is 14.0. The van der Waals surface area contributed by atoms with E-state index in [0.717, 1.165) is 24.1 Å². The highest BCUT2D eigenvalue weighted by molar-refractivity contribution is 5.36. The van der Waals surface area contributed by atoms with Crippen LogP contribution in [0.15, 0.2) is 30.3 Å². The SMILES string of the molecule is Cc1cc(C(F)F)c(OC2Cc3ccccc3C2)nc1C. The molecular formula is C17H17F2NO. The van der Waals surface area contributed by atoms with Crippen LogP contribution in [0, 0.1) is 13.8 Å². The minimum absolute atomic E-state index is 0.0749. The number of halogens is 2. The Balaban J connectivity index is 1.85. The van der Waals surface area contributed by atoms with Crippen molar-refractivity contribution in [2.24, 2.45) is 0 Å². The van der Waals surface area contributed by atoms with E-state index in [1.165, 1.54) is 17.2 Å². The summed E-state index contributed by atoms with van der Waals surface area (Å²) >= 11 is 0. The number of aryl methyl sites for hydroxylation is 2. The van der Waals surface area contributed by atoms with Crippen LogP contribution in [0.25, 0.3) is 0 Å². The highest BCUT2D eigenvalue weighted by atomic mass is 19.3. The molecule has 1 aromatic heterocycles. The van der Waals surface area contributed by atoms with E-state index in [1.54, 1.807) is 13.8 Å². The molecule has 0 atom stereocenters. The summed E-state index contributed by atoms with van der Waals surface area (Å²) in [5.41, 5.74) is 3.82. The third-order valence-electron chi connectivity index (χ3n) is 3.99. The number of ether oxygens (including phenoxy) is 1. The Morgan fingerprint density at radius 2 is 1.76 bits per heavy atom. The number of aromatic nitrogens is 1. The third-order valence-corrected chi connectivity index (χ3v) is 3.99. The molecular weight excluding hydrogens is 272 g/mol. The number of alkyl halides is 2. The Morgan fingerprint density at radius 3 is 2.33 bits per heavy atom. The van der Waals surface area contributed by atoms with E-state index in [1.807, 2.05) is 12.1 Å². The summed E-state index contributed by atoms with van der Waals surface area (Å²) in [6.07, 6.45) is -1.20. The second kappa shape index (κ2) is 5.43. The van der Waals surface area contributed by atoms with Crippen molar-refractivity contribution >= 4 is 0 Å². The Labute approximate surface area is 122 Å². The number of rotatable bonds is 3. The number of hydrogen-bond acceptors (Lipinski definition) is 2. The standard InChI is InChI=1S/C17H17F2NO/c1-10-7-15(16(18)19)17(20-11(10)2)21-14-8-12-5-3-4-6-13(12)9-14/h3-7,14,16H,8-9H2,1-2H3. The van der Waals surface area contributed by atoms with Crippen molar-refractivity contribution < 1.29 is 13.5 Å². The van der Waals surface area contributed by atoms with Crippen molar-refractivity contribution in [1.29, 1.82) is 0 Å². The molecule has 1 heterocycles. The Kier molecular flexibility index (Phi) is 3.62. The zero-order chi connectivity index (χ0) is 15.0. The molecule has 3 rings (SSSR count). The van der Waals surface area contributed by atoms with Crippen molar-refractivity contribution in [3.63, 3.8) is 0 Å². The van der Waals surface area contributed by atoms with Crippen LogP contribution in [0.1, 0.15) is 34.4 Å². The van der Waals surface area contributed by atoms with Gasteiger partial charge >= 0.3 is 0 Å². The Bertz CT molecular complexity index is 645. The molecule has 21 heavy (non-hydrogen) atoms. The van der Waals surface area contributed by atoms with Crippen LogP contribution in [0.3, 0.4) is 0 Å². The van der Waals surface area contributed by atoms with E-state index in [9.17, 15) is 8.78 Å². The highest BCUT2D eigenvalue weighted by Crippen LogP contribution is 2.32. The average Bonchev–Trinajstić information content (AvgIpc) is 2.84. The smallest absolute Gasteiger partial charge is 0.269 e. The lowest BCUT2D eigenvalue weighted by Crippen LogP contribution is -2.18. The van der Waals surface area contributed by atoms with Gasteiger partial charge in [0.1, 0.15) is 6.10 Å². The molecule has 1 aliphatic carbocycles. The second-order valence-electron chi connectivity index (χ2n) is 5.50. The van der Waals surface area contributed by atoms with Gasteiger partial charge in [-0.2, -0.15) is 0 Å². The van der Waals surface area contributed by atoms with Gasteiger partial charge in [-0.25, -0.2) is 13.8 Å². The average molecular weight is 289 g/mol. The normalized spacial score (nSPS) is 14.5. The fourth-order valence-electron chi connectivity index (χ4n) is 2.71. The molecule has 0 fully saturated rings. The van der Waals surface area contributed by atoms with Crippen molar-refractivity contribution in [2.75, 3.05) is 0 Å². The molecule has 0 saturated heterocycles. The highest BCUT2D eigenvalue weighted by Gasteiger charge is 2.25. The lowest BCUT2D eigenvalue weighted by Gasteiger charge is -2.16. The van der Waals surface area contributed by atoms with Gasteiger partial charge in [0.05, 0.1) is 5.56 Å². The largest absolute Gasteiger partial charge is 0.473 e. The number of nitrogens with zero attached hydrogens (tertiary/aromatic N) is 1. The number of fused-ring (bicyclic) bond motifs is 1. The van der Waals surface area contributed by atoms with Crippen LogP contribution < -0.4 is 4.74 Å². The van der Waals surface area contributed by atoms with E-state index >= 15 is 0 Å². The first-order valence-electron chi connectivity index (χ1n) is 7.04. The quantitative estimate of drug-likeness (QED) is 0.845. The fourth-order valence-corrected chi connectivity index (χ4v) is 2.71. The summed E-state index contributed by atoms with van der Waals surface area (Å²) in [5.74, 6) is 0.0749. The Hall–Kier alpha value is -1.97. The summed E-state index contributed by atoms with van der Waals surface area (Å²) in [5, 5.41) is 0. The first-order chi connectivity index (χ1) is 10.0. The molecule has 1 aliphatic rings. The monoisotopic (exact) mass is 289 g/mol. The summed E-state index contributed by atoms with van der Waals surface area (Å²) in [6.45, 7) is 3.59. The zero-order valence-electron chi connectivity index (χ0n) is 12.1. The molecule has 0 aliphatic heterocycles. The van der Waals surface area contributed by atoms with Gasteiger partial charge < -0.3 is 4.74 Å². The van der Waals surface area contributed by atoms with Crippen LogP contribution in [-0.2, 0) is 12.8 Å². The van der Waals surface area contributed by atoms with Crippen LogP contribution in [-0.4, -0.2) is 11.1 Å². The van der Waals surface area contributed by atoms with Crippen LogP contribution >= 0.6 is 0 Å². The zero-order valence-corrected chi connectivity index (χ0v) is 12.1. The van der Waals surface area contributed by atoms with Gasteiger partial charge in [0.25, 0.3) is 6.43 Å². The van der Waals surface area contributed by atoms with E-state index in [4.69, 9.17) is 4.74 Å². The maximum Gasteiger partial charge on any atom is 0.269 e. The van der Waals surface area contributed by atoms with E-state index in [2.05, 4.69) is 17.1 Å². The van der Waals surface area contributed by atoms with Crippen molar-refractivity contribution in [2.45, 2.75) is 39.2 Å². The number of benzene rings is 1. The molecule has 2 aromatic rings. The maximum atomic E-state index is 13.2. The number of hydrogen-bond donors (Lipinski definition) is 0. The molecule has 0 amide bonds. The van der Waals surface area contributed by atoms with Crippen LogP contribution in [0.4, 0.5) is 8.78 Å². The molecule has 4 heteroatoms. The van der Waals surface area contributed by atoms with E-state index in [0.29, 0.717) is 0 Å². The summed E-state index contributed by atoms with van der Waals surface area (Å²) < 4.78 is 32.1. The van der Waals surface area contributed by atoms with Crippen molar-refractivity contribution in [3.05, 3.63) is 58.3 Å². The molecule has 0 bridgehead atoms. The minimum Gasteiger partial charge on any atom is -0.473 e. The topological polar surface area (TPSA) is 22.1 Å². The van der Waals surface area contributed by atoms with Crippen LogP contribution in [0.2, 0.25) is 0 Å². The molecule has 2 nitrogen and oxygen atoms in total. The summed E-state index contributed by atoms with van der Waals surface area (Å²) in [6, 6.07) is 9.56. The van der Waals surface area contributed by atoms with E-state index < -0.39 is 6.43 Å². The van der Waals surface area contributed by atoms with Gasteiger partial charge in [-0.15, -0.1) is 0 Å². The first-order valence-corrected chi connectivity index (χ1v) is 7.04. The minimum atomic E-state index is -2.57. The molecule has 1 aromatic carbocycles. The molecule has 0 radical (unpaired) electrons. The molecule has 0 N–H and O–H groups in total. The van der Waals surface area contributed by atoms with Gasteiger partial charge in [0.15, 0.2) is 0 Å². The molecule has 110 valence electrons. The number of pyridine rings is 1. The van der Waals surface area contributed by atoms with Crippen molar-refractivity contribution in [1.82, 2.24) is 4.98 Å². The summed E-state index contributed by atoms with van der Waals surface area (Å²) in [7, 11) is 0. The third kappa shape index (κ3) is 2.75. The Morgan fingerprint density at radius 1 is 1.14 bits per heavy atom. The predicted octanol–water partition coefficient (Wildman–Crippen LogP) is 4.18. The lowest BCUT2D eigenvalue weighted by atomic mass is 10.1. The molecule has 0 saturated carbocycles. The maximum absolute atomic E-state index is 13.2.